The van der Waals surface area contributed by atoms with Crippen molar-refractivity contribution in [3.63, 3.8) is 0 Å². The standard InChI is InChI=1S/C17H23N3O2/c1-4-22-11-5-10-19-17(21)15(13-18)12-14-6-8-16(9-7-14)20(2)3/h6-9,12H,4-5,10-11H2,1-3H3,(H,19,21)/b15-12+. The van der Waals surface area contributed by atoms with E-state index in [9.17, 15) is 4.79 Å². The molecule has 1 rings (SSSR count). The fraction of sp³-hybridized carbons (Fsp3) is 0.412. The van der Waals surface area contributed by atoms with E-state index in [2.05, 4.69) is 5.32 Å². The number of amides is 1. The Hall–Kier alpha value is -2.32. The maximum atomic E-state index is 11.9. The number of rotatable bonds is 8. The Labute approximate surface area is 132 Å². The molecule has 0 spiro atoms. The van der Waals surface area contributed by atoms with Crippen LogP contribution >= 0.6 is 0 Å². The van der Waals surface area contributed by atoms with Crippen molar-refractivity contribution < 1.29 is 9.53 Å². The van der Waals surface area contributed by atoms with E-state index >= 15 is 0 Å². The van der Waals surface area contributed by atoms with Gasteiger partial charge in [0.25, 0.3) is 5.91 Å². The Morgan fingerprint density at radius 1 is 1.36 bits per heavy atom. The quantitative estimate of drug-likeness (QED) is 0.454. The summed E-state index contributed by atoms with van der Waals surface area (Å²) in [4.78, 5) is 13.9. The van der Waals surface area contributed by atoms with Crippen molar-refractivity contribution in [3.05, 3.63) is 35.4 Å². The third-order valence-corrected chi connectivity index (χ3v) is 3.04. The number of hydrogen-bond donors (Lipinski definition) is 1. The highest BCUT2D eigenvalue weighted by Crippen LogP contribution is 2.14. The molecule has 0 radical (unpaired) electrons. The molecule has 0 aliphatic heterocycles. The smallest absolute Gasteiger partial charge is 0.261 e. The van der Waals surface area contributed by atoms with Gasteiger partial charge < -0.3 is 15.0 Å². The first-order chi connectivity index (χ1) is 10.6. The van der Waals surface area contributed by atoms with Crippen LogP contribution < -0.4 is 10.2 Å². The fourth-order valence-corrected chi connectivity index (χ4v) is 1.80. The summed E-state index contributed by atoms with van der Waals surface area (Å²) in [6, 6.07) is 9.61. The zero-order chi connectivity index (χ0) is 16.4. The van der Waals surface area contributed by atoms with Crippen LogP contribution in [0.5, 0.6) is 0 Å². The number of anilines is 1. The maximum Gasteiger partial charge on any atom is 0.261 e. The topological polar surface area (TPSA) is 65.4 Å². The minimum atomic E-state index is -0.351. The molecule has 5 nitrogen and oxygen atoms in total. The van der Waals surface area contributed by atoms with Crippen molar-refractivity contribution in [1.29, 1.82) is 5.26 Å². The number of carbonyl (C=O) groups excluding carboxylic acids is 1. The predicted molar refractivity (Wildman–Crippen MR) is 88.5 cm³/mol. The second-order valence-corrected chi connectivity index (χ2v) is 4.96. The minimum absolute atomic E-state index is 0.106. The molecule has 0 atom stereocenters. The van der Waals surface area contributed by atoms with Crippen LogP contribution in [0.1, 0.15) is 18.9 Å². The predicted octanol–water partition coefficient (Wildman–Crippen LogP) is 2.20. The van der Waals surface area contributed by atoms with Crippen LogP contribution in [-0.4, -0.2) is 39.8 Å². The van der Waals surface area contributed by atoms with Crippen molar-refractivity contribution in [2.24, 2.45) is 0 Å². The van der Waals surface area contributed by atoms with Gasteiger partial charge in [0.15, 0.2) is 0 Å². The molecular weight excluding hydrogens is 278 g/mol. The van der Waals surface area contributed by atoms with Crippen LogP contribution in [0.15, 0.2) is 29.8 Å². The maximum absolute atomic E-state index is 11.9. The zero-order valence-electron chi connectivity index (χ0n) is 13.4. The van der Waals surface area contributed by atoms with Gasteiger partial charge in [0.05, 0.1) is 0 Å². The second-order valence-electron chi connectivity index (χ2n) is 4.96. The van der Waals surface area contributed by atoms with Gasteiger partial charge in [-0.2, -0.15) is 5.26 Å². The van der Waals surface area contributed by atoms with E-state index in [-0.39, 0.29) is 11.5 Å². The van der Waals surface area contributed by atoms with Crippen molar-refractivity contribution in [1.82, 2.24) is 5.32 Å². The van der Waals surface area contributed by atoms with Crippen LogP contribution in [0.25, 0.3) is 6.08 Å². The first-order valence-corrected chi connectivity index (χ1v) is 7.33. The third-order valence-electron chi connectivity index (χ3n) is 3.04. The SMILES string of the molecule is CCOCCCNC(=O)/C(C#N)=C/c1ccc(N(C)C)cc1. The van der Waals surface area contributed by atoms with Gasteiger partial charge in [0, 0.05) is 39.5 Å². The summed E-state index contributed by atoms with van der Waals surface area (Å²) in [5.41, 5.74) is 2.00. The van der Waals surface area contributed by atoms with Crippen LogP contribution in [0.2, 0.25) is 0 Å². The fourth-order valence-electron chi connectivity index (χ4n) is 1.80. The summed E-state index contributed by atoms with van der Waals surface area (Å²) < 4.78 is 5.19. The van der Waals surface area contributed by atoms with E-state index in [1.165, 1.54) is 0 Å². The molecule has 1 amide bonds. The number of nitriles is 1. The van der Waals surface area contributed by atoms with Crippen LogP contribution in [-0.2, 0) is 9.53 Å². The molecule has 22 heavy (non-hydrogen) atoms. The Balaban J connectivity index is 2.62. The van der Waals surface area contributed by atoms with Gasteiger partial charge in [-0.25, -0.2) is 0 Å². The Morgan fingerprint density at radius 3 is 2.59 bits per heavy atom. The van der Waals surface area contributed by atoms with E-state index in [1.54, 1.807) is 6.08 Å². The summed E-state index contributed by atoms with van der Waals surface area (Å²) in [5, 5.41) is 11.9. The normalized spacial score (nSPS) is 10.9. The van der Waals surface area contributed by atoms with Crippen LogP contribution in [0.4, 0.5) is 5.69 Å². The lowest BCUT2D eigenvalue weighted by Crippen LogP contribution is -2.26. The molecule has 0 heterocycles. The third kappa shape index (κ3) is 5.98. The first-order valence-electron chi connectivity index (χ1n) is 7.33. The zero-order valence-corrected chi connectivity index (χ0v) is 13.4. The van der Waals surface area contributed by atoms with E-state index in [0.717, 1.165) is 17.7 Å². The van der Waals surface area contributed by atoms with E-state index in [1.807, 2.05) is 56.3 Å². The first kappa shape index (κ1) is 17.7. The average Bonchev–Trinajstić information content (AvgIpc) is 2.52. The van der Waals surface area contributed by atoms with Gasteiger partial charge in [-0.3, -0.25) is 4.79 Å². The summed E-state index contributed by atoms with van der Waals surface area (Å²) in [6.45, 7) is 3.70. The van der Waals surface area contributed by atoms with E-state index in [0.29, 0.717) is 19.8 Å². The number of carbonyl (C=O) groups is 1. The summed E-state index contributed by atoms with van der Waals surface area (Å²) >= 11 is 0. The minimum Gasteiger partial charge on any atom is -0.382 e. The van der Waals surface area contributed by atoms with Gasteiger partial charge >= 0.3 is 0 Å². The van der Waals surface area contributed by atoms with Gasteiger partial charge in [0.1, 0.15) is 11.6 Å². The van der Waals surface area contributed by atoms with Crippen LogP contribution in [0, 0.1) is 11.3 Å². The van der Waals surface area contributed by atoms with Crippen molar-refractivity contribution >= 4 is 17.7 Å². The molecule has 0 unspecified atom stereocenters. The van der Waals surface area contributed by atoms with Gasteiger partial charge in [-0.05, 0) is 37.1 Å². The molecule has 5 heteroatoms. The van der Waals surface area contributed by atoms with Crippen molar-refractivity contribution in [3.8, 4) is 6.07 Å². The molecular formula is C17H23N3O2. The molecule has 1 N–H and O–H groups in total. The summed E-state index contributed by atoms with van der Waals surface area (Å²) in [7, 11) is 3.92. The summed E-state index contributed by atoms with van der Waals surface area (Å²) in [6.07, 6.45) is 2.33. The number of nitrogens with one attached hydrogen (secondary N) is 1. The van der Waals surface area contributed by atoms with Crippen molar-refractivity contribution in [2.75, 3.05) is 38.8 Å². The molecule has 0 aromatic heterocycles. The molecule has 1 aromatic carbocycles. The molecule has 118 valence electrons. The molecule has 0 bridgehead atoms. The molecule has 1 aromatic rings. The van der Waals surface area contributed by atoms with Gasteiger partial charge in [-0.15, -0.1) is 0 Å². The lowest BCUT2D eigenvalue weighted by atomic mass is 10.1. The van der Waals surface area contributed by atoms with E-state index < -0.39 is 0 Å². The molecule has 0 aliphatic rings. The highest BCUT2D eigenvalue weighted by Gasteiger charge is 2.08. The Bertz CT molecular complexity index is 542. The average molecular weight is 301 g/mol. The second kappa shape index (κ2) is 9.59. The molecule has 0 saturated heterocycles. The number of hydrogen-bond acceptors (Lipinski definition) is 4. The van der Waals surface area contributed by atoms with Gasteiger partial charge in [0.2, 0.25) is 0 Å². The Morgan fingerprint density at radius 2 is 2.05 bits per heavy atom. The highest BCUT2D eigenvalue weighted by atomic mass is 16.5. The Kier molecular flexibility index (Phi) is 7.73. The largest absolute Gasteiger partial charge is 0.382 e. The number of ether oxygens (including phenoxy) is 1. The molecule has 0 saturated carbocycles. The summed E-state index contributed by atoms with van der Waals surface area (Å²) in [5.74, 6) is -0.351. The van der Waals surface area contributed by atoms with Gasteiger partial charge in [-0.1, -0.05) is 12.1 Å². The monoisotopic (exact) mass is 301 g/mol. The molecule has 0 aliphatic carbocycles. The number of benzene rings is 1. The highest BCUT2D eigenvalue weighted by molar-refractivity contribution is 6.01. The lowest BCUT2D eigenvalue weighted by Gasteiger charge is -2.11. The van der Waals surface area contributed by atoms with Crippen molar-refractivity contribution in [2.45, 2.75) is 13.3 Å². The van der Waals surface area contributed by atoms with E-state index in [4.69, 9.17) is 10.00 Å². The number of nitrogens with zero attached hydrogens (tertiary/aromatic N) is 2. The van der Waals surface area contributed by atoms with Crippen LogP contribution in [0.3, 0.4) is 0 Å². The molecule has 0 fully saturated rings. The lowest BCUT2D eigenvalue weighted by molar-refractivity contribution is -0.117.